The molecular weight excluding hydrogens is 246 g/mol. The van der Waals surface area contributed by atoms with E-state index in [9.17, 15) is 9.59 Å². The van der Waals surface area contributed by atoms with E-state index in [-0.39, 0.29) is 11.5 Å². The highest BCUT2D eigenvalue weighted by Crippen LogP contribution is 2.25. The Balaban J connectivity index is 2.66. The van der Waals surface area contributed by atoms with Crippen molar-refractivity contribution in [2.75, 3.05) is 0 Å². The highest BCUT2D eigenvalue weighted by atomic mass is 16.4. The second-order valence-electron chi connectivity index (χ2n) is 4.72. The Morgan fingerprint density at radius 1 is 1.37 bits per heavy atom. The summed E-state index contributed by atoms with van der Waals surface area (Å²) in [6.45, 7) is 3.75. The number of carbonyl (C=O) groups excluding carboxylic acids is 1. The van der Waals surface area contributed by atoms with Gasteiger partial charge in [0.15, 0.2) is 0 Å². The first-order valence-electron chi connectivity index (χ1n) is 5.91. The van der Waals surface area contributed by atoms with Crippen LogP contribution in [0.4, 0.5) is 0 Å². The Bertz CT molecular complexity index is 646. The van der Waals surface area contributed by atoms with Gasteiger partial charge in [0.2, 0.25) is 5.91 Å². The molecule has 1 amide bonds. The maximum absolute atomic E-state index is 11.6. The van der Waals surface area contributed by atoms with E-state index in [0.717, 1.165) is 0 Å². The number of nitrogens with zero attached hydrogens (tertiary/aromatic N) is 2. The number of nitrogens with two attached hydrogens (primary N) is 1. The van der Waals surface area contributed by atoms with Crippen LogP contribution in [-0.2, 0) is 4.79 Å². The number of benzene rings is 1. The molecule has 1 atom stereocenters. The lowest BCUT2D eigenvalue weighted by molar-refractivity contribution is -0.122. The van der Waals surface area contributed by atoms with Crippen molar-refractivity contribution < 1.29 is 14.7 Å². The molecule has 0 saturated carbocycles. The van der Waals surface area contributed by atoms with Gasteiger partial charge in [0.25, 0.3) is 0 Å². The largest absolute Gasteiger partial charge is 0.478 e. The average molecular weight is 261 g/mol. The van der Waals surface area contributed by atoms with E-state index in [0.29, 0.717) is 11.0 Å². The third kappa shape index (κ3) is 2.16. The maximum Gasteiger partial charge on any atom is 0.337 e. The number of imidazole rings is 1. The zero-order chi connectivity index (χ0) is 14.2. The lowest BCUT2D eigenvalue weighted by Gasteiger charge is -2.19. The van der Waals surface area contributed by atoms with Crippen molar-refractivity contribution in [3.8, 4) is 0 Å². The van der Waals surface area contributed by atoms with Gasteiger partial charge in [0, 0.05) is 0 Å². The summed E-state index contributed by atoms with van der Waals surface area (Å²) in [6, 6.07) is 4.29. The Morgan fingerprint density at radius 2 is 2.05 bits per heavy atom. The molecule has 0 saturated heterocycles. The number of rotatable bonds is 4. The summed E-state index contributed by atoms with van der Waals surface area (Å²) in [5.41, 5.74) is 6.49. The van der Waals surface area contributed by atoms with Crippen LogP contribution in [0.3, 0.4) is 0 Å². The Morgan fingerprint density at radius 3 is 2.58 bits per heavy atom. The summed E-state index contributed by atoms with van der Waals surface area (Å²) in [4.78, 5) is 26.8. The molecule has 0 radical (unpaired) electrons. The van der Waals surface area contributed by atoms with Gasteiger partial charge in [0.05, 0.1) is 17.4 Å². The minimum atomic E-state index is -1.05. The van der Waals surface area contributed by atoms with E-state index in [1.807, 2.05) is 13.8 Å². The summed E-state index contributed by atoms with van der Waals surface area (Å²) in [5.74, 6) is -1.52. The molecule has 0 aliphatic carbocycles. The summed E-state index contributed by atoms with van der Waals surface area (Å²) in [5, 5.41) is 9.11. The molecular formula is C13H15N3O3. The predicted molar refractivity (Wildman–Crippen MR) is 69.8 cm³/mol. The number of amides is 1. The molecule has 0 spiro atoms. The zero-order valence-electron chi connectivity index (χ0n) is 10.7. The number of hydrogen-bond acceptors (Lipinski definition) is 3. The highest BCUT2D eigenvalue weighted by Gasteiger charge is 2.24. The standard InChI is InChI=1S/C13H15N3O3/c1-7(2)11(12(14)17)16-6-15-10-8(13(18)19)4-3-5-9(10)16/h3-7,11H,1-2H3,(H2,14,17)(H,18,19). The number of fused-ring (bicyclic) bond motifs is 1. The molecule has 1 aromatic carbocycles. The topological polar surface area (TPSA) is 98.2 Å². The second-order valence-corrected chi connectivity index (χ2v) is 4.72. The Labute approximate surface area is 109 Å². The van der Waals surface area contributed by atoms with Crippen molar-refractivity contribution in [3.05, 3.63) is 30.1 Å². The van der Waals surface area contributed by atoms with Crippen molar-refractivity contribution in [3.63, 3.8) is 0 Å². The SMILES string of the molecule is CC(C)C(C(N)=O)n1cnc2c(C(=O)O)cccc21. The first kappa shape index (κ1) is 13.1. The van der Waals surface area contributed by atoms with Gasteiger partial charge in [-0.1, -0.05) is 19.9 Å². The van der Waals surface area contributed by atoms with E-state index in [1.165, 1.54) is 12.4 Å². The van der Waals surface area contributed by atoms with E-state index < -0.39 is 17.9 Å². The summed E-state index contributed by atoms with van der Waals surface area (Å²) in [6.07, 6.45) is 1.46. The minimum Gasteiger partial charge on any atom is -0.478 e. The number of aromatic carboxylic acids is 1. The monoisotopic (exact) mass is 261 g/mol. The van der Waals surface area contributed by atoms with E-state index in [2.05, 4.69) is 4.98 Å². The Hall–Kier alpha value is -2.37. The molecule has 0 aliphatic heterocycles. The second kappa shape index (κ2) is 4.72. The molecule has 3 N–H and O–H groups in total. The van der Waals surface area contributed by atoms with Crippen LogP contribution in [0.1, 0.15) is 30.2 Å². The van der Waals surface area contributed by atoms with Gasteiger partial charge < -0.3 is 15.4 Å². The van der Waals surface area contributed by atoms with Crippen LogP contribution < -0.4 is 5.73 Å². The van der Waals surface area contributed by atoms with Gasteiger partial charge in [-0.05, 0) is 18.1 Å². The quantitative estimate of drug-likeness (QED) is 0.869. The number of para-hydroxylation sites is 1. The van der Waals surface area contributed by atoms with Crippen LogP contribution in [-0.4, -0.2) is 26.5 Å². The van der Waals surface area contributed by atoms with E-state index in [4.69, 9.17) is 10.8 Å². The molecule has 6 nitrogen and oxygen atoms in total. The molecule has 0 aliphatic rings. The summed E-state index contributed by atoms with van der Waals surface area (Å²) < 4.78 is 1.63. The molecule has 1 heterocycles. The number of aromatic nitrogens is 2. The van der Waals surface area contributed by atoms with Gasteiger partial charge in [-0.25, -0.2) is 9.78 Å². The number of carbonyl (C=O) groups is 2. The van der Waals surface area contributed by atoms with E-state index in [1.54, 1.807) is 16.7 Å². The van der Waals surface area contributed by atoms with Crippen molar-refractivity contribution >= 4 is 22.9 Å². The van der Waals surface area contributed by atoms with Gasteiger partial charge >= 0.3 is 5.97 Å². The first-order valence-corrected chi connectivity index (χ1v) is 5.91. The molecule has 0 bridgehead atoms. The van der Waals surface area contributed by atoms with Crippen LogP contribution in [0.2, 0.25) is 0 Å². The fourth-order valence-electron chi connectivity index (χ4n) is 2.24. The highest BCUT2D eigenvalue weighted by molar-refractivity contribution is 6.01. The van der Waals surface area contributed by atoms with Crippen molar-refractivity contribution in [2.24, 2.45) is 11.7 Å². The first-order chi connectivity index (χ1) is 8.93. The lowest BCUT2D eigenvalue weighted by Crippen LogP contribution is -2.30. The summed E-state index contributed by atoms with van der Waals surface area (Å²) in [7, 11) is 0. The predicted octanol–water partition coefficient (Wildman–Crippen LogP) is 1.42. The fourth-order valence-corrected chi connectivity index (χ4v) is 2.24. The number of primary amides is 1. The normalized spacial score (nSPS) is 12.8. The van der Waals surface area contributed by atoms with Crippen molar-refractivity contribution in [1.82, 2.24) is 9.55 Å². The summed E-state index contributed by atoms with van der Waals surface area (Å²) >= 11 is 0. The average Bonchev–Trinajstić information content (AvgIpc) is 2.72. The molecule has 1 unspecified atom stereocenters. The third-order valence-corrected chi connectivity index (χ3v) is 3.06. The molecule has 0 fully saturated rings. The molecule has 19 heavy (non-hydrogen) atoms. The van der Waals surface area contributed by atoms with Crippen molar-refractivity contribution in [2.45, 2.75) is 19.9 Å². The van der Waals surface area contributed by atoms with Gasteiger partial charge in [0.1, 0.15) is 11.6 Å². The van der Waals surface area contributed by atoms with E-state index >= 15 is 0 Å². The molecule has 6 heteroatoms. The number of hydrogen-bond donors (Lipinski definition) is 2. The maximum atomic E-state index is 11.6. The fraction of sp³-hybridized carbons (Fsp3) is 0.308. The van der Waals surface area contributed by atoms with Crippen LogP contribution in [0.15, 0.2) is 24.5 Å². The van der Waals surface area contributed by atoms with Crippen LogP contribution in [0.5, 0.6) is 0 Å². The number of carboxylic acids is 1. The van der Waals surface area contributed by atoms with Crippen LogP contribution in [0.25, 0.3) is 11.0 Å². The lowest BCUT2D eigenvalue weighted by atomic mass is 10.0. The zero-order valence-corrected chi connectivity index (χ0v) is 10.7. The molecule has 2 aromatic rings. The van der Waals surface area contributed by atoms with Gasteiger partial charge in [-0.2, -0.15) is 0 Å². The van der Waals surface area contributed by atoms with Crippen LogP contribution >= 0.6 is 0 Å². The number of carboxylic acid groups (broad SMARTS) is 1. The molecule has 2 rings (SSSR count). The van der Waals surface area contributed by atoms with Gasteiger partial charge in [-0.3, -0.25) is 4.79 Å². The van der Waals surface area contributed by atoms with Crippen LogP contribution in [0, 0.1) is 5.92 Å². The molecule has 100 valence electrons. The Kier molecular flexibility index (Phi) is 3.25. The van der Waals surface area contributed by atoms with Crippen molar-refractivity contribution in [1.29, 1.82) is 0 Å². The van der Waals surface area contributed by atoms with Gasteiger partial charge in [-0.15, -0.1) is 0 Å². The minimum absolute atomic E-state index is 0.0108. The smallest absolute Gasteiger partial charge is 0.337 e. The molecule has 1 aromatic heterocycles. The third-order valence-electron chi connectivity index (χ3n) is 3.06.